The van der Waals surface area contributed by atoms with Gasteiger partial charge in [0.2, 0.25) is 0 Å². The van der Waals surface area contributed by atoms with E-state index in [1.807, 2.05) is 18.3 Å². The fraction of sp³-hybridized carbons (Fsp3) is 0.556. The first kappa shape index (κ1) is 9.29. The maximum atomic E-state index is 5.83. The topological polar surface area (TPSA) is 57.0 Å². The number of hydrogen-bond donors (Lipinski definition) is 2. The van der Waals surface area contributed by atoms with Crippen LogP contribution < -0.4 is 11.5 Å². The average Bonchev–Trinajstić information content (AvgIpc) is 2.50. The summed E-state index contributed by atoms with van der Waals surface area (Å²) in [6, 6.07) is 4.44. The van der Waals surface area contributed by atoms with E-state index in [9.17, 15) is 0 Å². The van der Waals surface area contributed by atoms with E-state index in [0.717, 1.165) is 5.69 Å². The first-order valence-corrected chi connectivity index (χ1v) is 4.29. The van der Waals surface area contributed by atoms with Crippen molar-refractivity contribution >= 4 is 0 Å². The van der Waals surface area contributed by atoms with E-state index in [1.165, 1.54) is 0 Å². The highest BCUT2D eigenvalue weighted by molar-refractivity contribution is 5.12. The molecule has 0 aliphatic carbocycles. The zero-order chi connectivity index (χ0) is 9.14. The lowest BCUT2D eigenvalue weighted by atomic mass is 10.2. The number of rotatable bonds is 3. The van der Waals surface area contributed by atoms with Gasteiger partial charge in [0.15, 0.2) is 0 Å². The minimum atomic E-state index is -0.0394. The predicted molar refractivity (Wildman–Crippen MR) is 50.8 cm³/mol. The Kier molecular flexibility index (Phi) is 2.89. The van der Waals surface area contributed by atoms with Crippen LogP contribution in [0.1, 0.15) is 31.6 Å². The van der Waals surface area contributed by atoms with E-state index in [4.69, 9.17) is 11.5 Å². The molecule has 1 rings (SSSR count). The van der Waals surface area contributed by atoms with Crippen LogP contribution in [0, 0.1) is 0 Å². The molecule has 68 valence electrons. The molecule has 0 fully saturated rings. The van der Waals surface area contributed by atoms with Gasteiger partial charge < -0.3 is 16.0 Å². The molecule has 0 aliphatic heterocycles. The molecule has 1 aromatic rings. The quantitative estimate of drug-likeness (QED) is 0.706. The van der Waals surface area contributed by atoms with Crippen LogP contribution in [0.25, 0.3) is 0 Å². The molecule has 1 heterocycles. The Balaban J connectivity index is 2.91. The van der Waals surface area contributed by atoms with E-state index in [-0.39, 0.29) is 6.04 Å². The lowest BCUT2D eigenvalue weighted by Gasteiger charge is -2.16. The molecule has 0 aromatic carbocycles. The lowest BCUT2D eigenvalue weighted by Crippen LogP contribution is -2.24. The fourth-order valence-corrected chi connectivity index (χ4v) is 1.31. The SMILES string of the molecule is CC(C)n1cccc1[C@H](N)CN. The maximum Gasteiger partial charge on any atom is 0.0574 e. The number of aromatic nitrogens is 1. The highest BCUT2D eigenvalue weighted by atomic mass is 15.0. The lowest BCUT2D eigenvalue weighted by molar-refractivity contribution is 0.545. The van der Waals surface area contributed by atoms with Gasteiger partial charge in [0.25, 0.3) is 0 Å². The zero-order valence-electron chi connectivity index (χ0n) is 7.70. The molecule has 0 saturated carbocycles. The fourth-order valence-electron chi connectivity index (χ4n) is 1.31. The van der Waals surface area contributed by atoms with Crippen LogP contribution in [-0.4, -0.2) is 11.1 Å². The van der Waals surface area contributed by atoms with Gasteiger partial charge in [-0.3, -0.25) is 0 Å². The smallest absolute Gasteiger partial charge is 0.0574 e. The van der Waals surface area contributed by atoms with Gasteiger partial charge in [0, 0.05) is 24.5 Å². The molecule has 0 amide bonds. The molecule has 0 aliphatic rings. The molecule has 0 radical (unpaired) electrons. The van der Waals surface area contributed by atoms with Crippen molar-refractivity contribution in [2.45, 2.75) is 25.9 Å². The maximum absolute atomic E-state index is 5.83. The first-order chi connectivity index (χ1) is 5.66. The Morgan fingerprint density at radius 2 is 2.17 bits per heavy atom. The third kappa shape index (κ3) is 1.68. The van der Waals surface area contributed by atoms with Crippen molar-refractivity contribution in [1.29, 1.82) is 0 Å². The monoisotopic (exact) mass is 167 g/mol. The summed E-state index contributed by atoms with van der Waals surface area (Å²) in [5, 5.41) is 0. The molecule has 4 N–H and O–H groups in total. The van der Waals surface area contributed by atoms with Crippen molar-refractivity contribution in [3.8, 4) is 0 Å². The van der Waals surface area contributed by atoms with Gasteiger partial charge >= 0.3 is 0 Å². The summed E-state index contributed by atoms with van der Waals surface area (Å²) >= 11 is 0. The molecule has 3 heteroatoms. The van der Waals surface area contributed by atoms with Crippen molar-refractivity contribution < 1.29 is 0 Å². The van der Waals surface area contributed by atoms with Crippen LogP contribution >= 0.6 is 0 Å². The van der Waals surface area contributed by atoms with E-state index < -0.39 is 0 Å². The summed E-state index contributed by atoms with van der Waals surface area (Å²) in [5.74, 6) is 0. The molecular weight excluding hydrogens is 150 g/mol. The summed E-state index contributed by atoms with van der Waals surface area (Å²) in [4.78, 5) is 0. The molecule has 1 atom stereocenters. The van der Waals surface area contributed by atoms with Crippen LogP contribution in [0.15, 0.2) is 18.3 Å². The van der Waals surface area contributed by atoms with Gasteiger partial charge in [-0.1, -0.05) is 0 Å². The molecule has 0 unspecified atom stereocenters. The Labute approximate surface area is 73.4 Å². The molecule has 0 spiro atoms. The van der Waals surface area contributed by atoms with Gasteiger partial charge in [0.05, 0.1) is 6.04 Å². The zero-order valence-corrected chi connectivity index (χ0v) is 7.70. The van der Waals surface area contributed by atoms with E-state index >= 15 is 0 Å². The normalized spacial score (nSPS) is 13.8. The Bertz CT molecular complexity index is 240. The molecule has 12 heavy (non-hydrogen) atoms. The highest BCUT2D eigenvalue weighted by Gasteiger charge is 2.09. The largest absolute Gasteiger partial charge is 0.347 e. The van der Waals surface area contributed by atoms with Gasteiger partial charge in [-0.05, 0) is 26.0 Å². The number of hydrogen-bond acceptors (Lipinski definition) is 2. The molecule has 0 bridgehead atoms. The number of nitrogens with two attached hydrogens (primary N) is 2. The average molecular weight is 167 g/mol. The second-order valence-corrected chi connectivity index (χ2v) is 3.28. The van der Waals surface area contributed by atoms with Gasteiger partial charge in [-0.2, -0.15) is 0 Å². The van der Waals surface area contributed by atoms with Crippen LogP contribution in [-0.2, 0) is 0 Å². The Hall–Kier alpha value is -0.800. The first-order valence-electron chi connectivity index (χ1n) is 4.29. The van der Waals surface area contributed by atoms with Crippen LogP contribution in [0.5, 0.6) is 0 Å². The van der Waals surface area contributed by atoms with Crippen LogP contribution in [0.4, 0.5) is 0 Å². The molecule has 3 nitrogen and oxygen atoms in total. The Morgan fingerprint density at radius 3 is 2.67 bits per heavy atom. The van der Waals surface area contributed by atoms with Crippen molar-refractivity contribution in [2.24, 2.45) is 11.5 Å². The summed E-state index contributed by atoms with van der Waals surface area (Å²) in [6.07, 6.45) is 2.04. The van der Waals surface area contributed by atoms with Gasteiger partial charge in [-0.25, -0.2) is 0 Å². The predicted octanol–water partition coefficient (Wildman–Crippen LogP) is 1.03. The standard InChI is InChI=1S/C9H17N3/c1-7(2)12-5-3-4-9(12)8(11)6-10/h3-5,7-8H,6,10-11H2,1-2H3/t8-/m1/s1. The molecule has 1 aromatic heterocycles. The van der Waals surface area contributed by atoms with Crippen LogP contribution in [0.2, 0.25) is 0 Å². The molecule has 0 saturated heterocycles. The molecular formula is C9H17N3. The minimum Gasteiger partial charge on any atom is -0.347 e. The van der Waals surface area contributed by atoms with Crippen molar-refractivity contribution in [3.63, 3.8) is 0 Å². The third-order valence-electron chi connectivity index (χ3n) is 2.00. The summed E-state index contributed by atoms with van der Waals surface area (Å²) in [6.45, 7) is 4.76. The second kappa shape index (κ2) is 3.74. The van der Waals surface area contributed by atoms with Gasteiger partial charge in [0.1, 0.15) is 0 Å². The summed E-state index contributed by atoms with van der Waals surface area (Å²) in [7, 11) is 0. The Morgan fingerprint density at radius 1 is 1.50 bits per heavy atom. The van der Waals surface area contributed by atoms with Gasteiger partial charge in [-0.15, -0.1) is 0 Å². The van der Waals surface area contributed by atoms with E-state index in [2.05, 4.69) is 18.4 Å². The highest BCUT2D eigenvalue weighted by Crippen LogP contribution is 2.15. The van der Waals surface area contributed by atoms with Crippen molar-refractivity contribution in [3.05, 3.63) is 24.0 Å². The van der Waals surface area contributed by atoms with E-state index in [0.29, 0.717) is 12.6 Å². The summed E-state index contributed by atoms with van der Waals surface area (Å²) < 4.78 is 2.15. The minimum absolute atomic E-state index is 0.0394. The van der Waals surface area contributed by atoms with E-state index in [1.54, 1.807) is 0 Å². The second-order valence-electron chi connectivity index (χ2n) is 3.28. The summed E-state index contributed by atoms with van der Waals surface area (Å²) in [5.41, 5.74) is 12.4. The third-order valence-corrected chi connectivity index (χ3v) is 2.00. The number of nitrogens with zero attached hydrogens (tertiary/aromatic N) is 1. The van der Waals surface area contributed by atoms with Crippen LogP contribution in [0.3, 0.4) is 0 Å². The van der Waals surface area contributed by atoms with Crippen molar-refractivity contribution in [1.82, 2.24) is 4.57 Å². The van der Waals surface area contributed by atoms with Crippen molar-refractivity contribution in [2.75, 3.05) is 6.54 Å².